The first-order valence-corrected chi connectivity index (χ1v) is 6.78. The van der Waals surface area contributed by atoms with E-state index in [2.05, 4.69) is 20.9 Å². The van der Waals surface area contributed by atoms with Gasteiger partial charge in [-0.05, 0) is 34.8 Å². The summed E-state index contributed by atoms with van der Waals surface area (Å²) in [5, 5.41) is 2.51. The van der Waals surface area contributed by atoms with Crippen LogP contribution in [0.25, 0.3) is 0 Å². The predicted octanol–water partition coefficient (Wildman–Crippen LogP) is 4.53. The normalized spacial score (nSPS) is 17.6. The van der Waals surface area contributed by atoms with Gasteiger partial charge >= 0.3 is 0 Å². The van der Waals surface area contributed by atoms with Gasteiger partial charge in [0.2, 0.25) is 0 Å². The average Bonchev–Trinajstić information content (AvgIpc) is 2.62. The Bertz CT molecular complexity index is 326. The Morgan fingerprint density at radius 2 is 2.14 bits per heavy atom. The van der Waals surface area contributed by atoms with Crippen LogP contribution in [0.5, 0.6) is 0 Å². The molecule has 0 amide bonds. The second-order valence-corrected chi connectivity index (χ2v) is 6.04. The molecule has 0 spiro atoms. The molecule has 0 radical (unpaired) electrons. The molecular weight excluding hydrogens is 282 g/mol. The fourth-order valence-electron chi connectivity index (χ4n) is 1.65. The van der Waals surface area contributed by atoms with Gasteiger partial charge in [0.1, 0.15) is 5.03 Å². The van der Waals surface area contributed by atoms with Crippen molar-refractivity contribution in [1.82, 2.24) is 4.98 Å². The maximum atomic E-state index is 5.83. The zero-order valence-corrected chi connectivity index (χ0v) is 10.8. The van der Waals surface area contributed by atoms with E-state index in [0.717, 1.165) is 14.7 Å². The first-order valence-electron chi connectivity index (χ1n) is 4.73. The van der Waals surface area contributed by atoms with Crippen molar-refractivity contribution >= 4 is 39.3 Å². The van der Waals surface area contributed by atoms with Gasteiger partial charge in [-0.1, -0.05) is 24.4 Å². The minimum absolute atomic E-state index is 0.688. The summed E-state index contributed by atoms with van der Waals surface area (Å²) in [4.78, 5) is 4.33. The van der Waals surface area contributed by atoms with Gasteiger partial charge in [-0.3, -0.25) is 0 Å². The maximum absolute atomic E-state index is 5.83. The summed E-state index contributed by atoms with van der Waals surface area (Å²) < 4.78 is 1.02. The van der Waals surface area contributed by atoms with Crippen molar-refractivity contribution in [1.29, 1.82) is 0 Å². The molecule has 1 aromatic rings. The molecule has 1 fully saturated rings. The number of pyridine rings is 1. The lowest BCUT2D eigenvalue weighted by atomic mass is 10.4. The number of hydrogen-bond acceptors (Lipinski definition) is 2. The fourth-order valence-corrected chi connectivity index (χ4v) is 3.74. The topological polar surface area (TPSA) is 12.9 Å². The quantitative estimate of drug-likeness (QED) is 0.794. The van der Waals surface area contributed by atoms with Crippen molar-refractivity contribution in [3.63, 3.8) is 0 Å². The lowest BCUT2D eigenvalue weighted by Gasteiger charge is -2.08. The Morgan fingerprint density at radius 3 is 2.79 bits per heavy atom. The van der Waals surface area contributed by atoms with Crippen molar-refractivity contribution in [2.24, 2.45) is 0 Å². The highest BCUT2D eigenvalue weighted by Crippen LogP contribution is 2.37. The fraction of sp³-hybridized carbons (Fsp3) is 0.500. The smallest absolute Gasteiger partial charge is 0.111 e. The largest absolute Gasteiger partial charge is 0.247 e. The van der Waals surface area contributed by atoms with Gasteiger partial charge in [-0.25, -0.2) is 4.98 Å². The summed E-state index contributed by atoms with van der Waals surface area (Å²) in [6.45, 7) is 0. The minimum atomic E-state index is 0.688. The van der Waals surface area contributed by atoms with Crippen molar-refractivity contribution in [2.45, 2.75) is 36.0 Å². The summed E-state index contributed by atoms with van der Waals surface area (Å²) >= 11 is 11.2. The molecule has 1 aliphatic carbocycles. The number of rotatable bonds is 2. The van der Waals surface area contributed by atoms with Gasteiger partial charge in [0, 0.05) is 11.4 Å². The van der Waals surface area contributed by atoms with Crippen LogP contribution in [0.15, 0.2) is 21.8 Å². The zero-order valence-electron chi connectivity index (χ0n) is 7.67. The number of aromatic nitrogens is 1. The Kier molecular flexibility index (Phi) is 3.74. The van der Waals surface area contributed by atoms with E-state index in [1.165, 1.54) is 25.7 Å². The number of halogens is 2. The SMILES string of the molecule is Clc1cnc(SC2CCCC2)c(Br)c1. The summed E-state index contributed by atoms with van der Waals surface area (Å²) in [7, 11) is 0. The first-order chi connectivity index (χ1) is 6.75. The van der Waals surface area contributed by atoms with Crippen LogP contribution in [-0.2, 0) is 0 Å². The van der Waals surface area contributed by atoms with Gasteiger partial charge in [-0.15, -0.1) is 11.8 Å². The van der Waals surface area contributed by atoms with E-state index in [0.29, 0.717) is 5.02 Å². The summed E-state index contributed by atoms with van der Waals surface area (Å²) in [5.41, 5.74) is 0. The molecule has 0 atom stereocenters. The minimum Gasteiger partial charge on any atom is -0.247 e. The molecule has 4 heteroatoms. The Balaban J connectivity index is 2.08. The van der Waals surface area contributed by atoms with Crippen molar-refractivity contribution in [2.75, 3.05) is 0 Å². The van der Waals surface area contributed by atoms with Crippen LogP contribution in [0.4, 0.5) is 0 Å². The van der Waals surface area contributed by atoms with Crippen LogP contribution in [-0.4, -0.2) is 10.2 Å². The molecule has 14 heavy (non-hydrogen) atoms. The predicted molar refractivity (Wildman–Crippen MR) is 65.1 cm³/mol. The second kappa shape index (κ2) is 4.86. The maximum Gasteiger partial charge on any atom is 0.111 e. The molecule has 1 nitrogen and oxygen atoms in total. The van der Waals surface area contributed by atoms with Gasteiger partial charge in [-0.2, -0.15) is 0 Å². The molecule has 0 unspecified atom stereocenters. The molecule has 1 saturated carbocycles. The highest BCUT2D eigenvalue weighted by molar-refractivity contribution is 9.10. The van der Waals surface area contributed by atoms with Crippen LogP contribution in [0.1, 0.15) is 25.7 Å². The van der Waals surface area contributed by atoms with E-state index in [1.807, 2.05) is 17.8 Å². The highest BCUT2D eigenvalue weighted by Gasteiger charge is 2.17. The molecule has 76 valence electrons. The van der Waals surface area contributed by atoms with E-state index in [9.17, 15) is 0 Å². The highest BCUT2D eigenvalue weighted by atomic mass is 79.9. The van der Waals surface area contributed by atoms with E-state index in [1.54, 1.807) is 6.20 Å². The average molecular weight is 293 g/mol. The molecule has 0 aromatic carbocycles. The van der Waals surface area contributed by atoms with Crippen LogP contribution < -0.4 is 0 Å². The Labute approximate surface area is 102 Å². The van der Waals surface area contributed by atoms with Crippen molar-refractivity contribution in [3.8, 4) is 0 Å². The molecule has 1 aromatic heterocycles. The molecule has 1 aliphatic rings. The summed E-state index contributed by atoms with van der Waals surface area (Å²) in [6.07, 6.45) is 7.08. The Morgan fingerprint density at radius 1 is 1.43 bits per heavy atom. The van der Waals surface area contributed by atoms with Crippen molar-refractivity contribution < 1.29 is 0 Å². The molecule has 0 aliphatic heterocycles. The number of hydrogen-bond donors (Lipinski definition) is 0. The van der Waals surface area contributed by atoms with Crippen LogP contribution in [0.2, 0.25) is 5.02 Å². The zero-order chi connectivity index (χ0) is 9.97. The molecular formula is C10H11BrClNS. The molecule has 1 heterocycles. The van der Waals surface area contributed by atoms with Gasteiger partial charge in [0.25, 0.3) is 0 Å². The molecule has 0 bridgehead atoms. The van der Waals surface area contributed by atoms with E-state index < -0.39 is 0 Å². The third-order valence-electron chi connectivity index (χ3n) is 2.35. The summed E-state index contributed by atoms with van der Waals surface area (Å²) in [5.74, 6) is 0. The third kappa shape index (κ3) is 2.65. The van der Waals surface area contributed by atoms with Gasteiger partial charge in [0.05, 0.1) is 9.50 Å². The number of thioether (sulfide) groups is 1. The second-order valence-electron chi connectivity index (χ2n) is 3.46. The van der Waals surface area contributed by atoms with Crippen molar-refractivity contribution in [3.05, 3.63) is 21.8 Å². The van der Waals surface area contributed by atoms with E-state index >= 15 is 0 Å². The molecule has 0 N–H and O–H groups in total. The molecule has 0 saturated heterocycles. The van der Waals surface area contributed by atoms with Gasteiger partial charge in [0.15, 0.2) is 0 Å². The number of nitrogens with zero attached hydrogens (tertiary/aromatic N) is 1. The molecule has 2 rings (SSSR count). The van der Waals surface area contributed by atoms with E-state index in [4.69, 9.17) is 11.6 Å². The third-order valence-corrected chi connectivity index (χ3v) is 4.78. The lowest BCUT2D eigenvalue weighted by molar-refractivity contribution is 0.886. The Hall–Kier alpha value is 0.270. The summed E-state index contributed by atoms with van der Waals surface area (Å²) in [6, 6.07) is 1.91. The standard InChI is InChI=1S/C10H11BrClNS/c11-9-5-7(12)6-13-10(9)14-8-3-1-2-4-8/h5-6,8H,1-4H2. The first kappa shape index (κ1) is 10.8. The van der Waals surface area contributed by atoms with E-state index in [-0.39, 0.29) is 0 Å². The monoisotopic (exact) mass is 291 g/mol. The van der Waals surface area contributed by atoms with Crippen LogP contribution in [0, 0.1) is 0 Å². The lowest BCUT2D eigenvalue weighted by Crippen LogP contribution is -1.95. The van der Waals surface area contributed by atoms with Crippen LogP contribution >= 0.6 is 39.3 Å². The van der Waals surface area contributed by atoms with Gasteiger partial charge < -0.3 is 0 Å². The van der Waals surface area contributed by atoms with Crippen LogP contribution in [0.3, 0.4) is 0 Å².